The number of rotatable bonds is 4. The van der Waals surface area contributed by atoms with Gasteiger partial charge in [0.1, 0.15) is 5.75 Å². The summed E-state index contributed by atoms with van der Waals surface area (Å²) in [5, 5.41) is 12.5. The average Bonchev–Trinajstić information content (AvgIpc) is 2.38. The van der Waals surface area contributed by atoms with E-state index in [1.54, 1.807) is 30.3 Å². The summed E-state index contributed by atoms with van der Waals surface area (Å²) >= 11 is 0. The van der Waals surface area contributed by atoms with Crippen molar-refractivity contribution in [2.45, 2.75) is 17.9 Å². The fraction of sp³-hybridized carbons (Fsp3) is 0.200. The van der Waals surface area contributed by atoms with E-state index in [0.29, 0.717) is 4.90 Å². The van der Waals surface area contributed by atoms with Crippen LogP contribution in [0.25, 0.3) is 0 Å². The molecular formula is C15H17NO3S. The molecule has 0 aliphatic rings. The van der Waals surface area contributed by atoms with Gasteiger partial charge in [0.2, 0.25) is 0 Å². The lowest BCUT2D eigenvalue weighted by atomic mass is 10.1. The lowest BCUT2D eigenvalue weighted by Gasteiger charge is -2.16. The van der Waals surface area contributed by atoms with Gasteiger partial charge in [0.15, 0.2) is 9.84 Å². The molecule has 2 aromatic rings. The van der Waals surface area contributed by atoms with Crippen molar-refractivity contribution in [3.63, 3.8) is 0 Å². The smallest absolute Gasteiger partial charge is 0.175 e. The zero-order chi connectivity index (χ0) is 14.8. The van der Waals surface area contributed by atoms with E-state index in [1.165, 1.54) is 6.26 Å². The molecule has 0 bridgehead atoms. The molecule has 0 fully saturated rings. The quantitative estimate of drug-likeness (QED) is 0.909. The number of anilines is 1. The van der Waals surface area contributed by atoms with Crippen LogP contribution in [-0.2, 0) is 9.84 Å². The molecule has 0 aliphatic carbocycles. The van der Waals surface area contributed by atoms with Crippen LogP contribution < -0.4 is 5.32 Å². The van der Waals surface area contributed by atoms with Gasteiger partial charge < -0.3 is 10.4 Å². The first-order valence-corrected chi connectivity index (χ1v) is 8.11. The Bertz CT molecular complexity index is 693. The molecular weight excluding hydrogens is 274 g/mol. The highest BCUT2D eigenvalue weighted by Crippen LogP contribution is 2.22. The maximum atomic E-state index is 11.5. The van der Waals surface area contributed by atoms with Crippen LogP contribution >= 0.6 is 0 Å². The van der Waals surface area contributed by atoms with Gasteiger partial charge in [0.25, 0.3) is 0 Å². The number of aromatic hydroxyl groups is 1. The minimum atomic E-state index is -3.20. The Kier molecular flexibility index (Phi) is 3.99. The van der Waals surface area contributed by atoms with Crippen LogP contribution in [0.1, 0.15) is 18.5 Å². The van der Waals surface area contributed by atoms with Gasteiger partial charge in [-0.3, -0.25) is 0 Å². The molecule has 0 heterocycles. The summed E-state index contributed by atoms with van der Waals surface area (Å²) < 4.78 is 23.0. The van der Waals surface area contributed by atoms with E-state index in [-0.39, 0.29) is 11.8 Å². The summed E-state index contributed by atoms with van der Waals surface area (Å²) in [5.74, 6) is 0.222. The highest BCUT2D eigenvalue weighted by Gasteiger charge is 2.09. The van der Waals surface area contributed by atoms with Crippen molar-refractivity contribution in [2.24, 2.45) is 0 Å². The molecule has 2 rings (SSSR count). The van der Waals surface area contributed by atoms with E-state index >= 15 is 0 Å². The van der Waals surface area contributed by atoms with Crippen LogP contribution in [0.15, 0.2) is 53.4 Å². The normalized spacial score (nSPS) is 12.9. The number of phenols is 1. The number of phenolic OH excluding ortho intramolecular Hbond substituents is 1. The minimum Gasteiger partial charge on any atom is -0.508 e. The minimum absolute atomic E-state index is 0.00501. The molecule has 5 heteroatoms. The van der Waals surface area contributed by atoms with Crippen LogP contribution in [-0.4, -0.2) is 19.8 Å². The van der Waals surface area contributed by atoms with Crippen LogP contribution in [0.4, 0.5) is 5.69 Å². The summed E-state index contributed by atoms with van der Waals surface area (Å²) in [6.45, 7) is 1.97. The van der Waals surface area contributed by atoms with Crippen molar-refractivity contribution >= 4 is 15.5 Å². The van der Waals surface area contributed by atoms with Gasteiger partial charge in [-0.15, -0.1) is 0 Å². The first-order valence-electron chi connectivity index (χ1n) is 6.22. The Hall–Kier alpha value is -2.01. The Morgan fingerprint density at radius 1 is 1.10 bits per heavy atom. The predicted molar refractivity (Wildman–Crippen MR) is 79.7 cm³/mol. The zero-order valence-electron chi connectivity index (χ0n) is 11.4. The van der Waals surface area contributed by atoms with Crippen molar-refractivity contribution in [3.8, 4) is 5.75 Å². The van der Waals surface area contributed by atoms with Crippen LogP contribution in [0.2, 0.25) is 0 Å². The molecule has 0 amide bonds. The topological polar surface area (TPSA) is 66.4 Å². The SMILES string of the molecule is CC(Nc1cccc(S(C)(=O)=O)c1)c1ccc(O)cc1. The van der Waals surface area contributed by atoms with Gasteiger partial charge in [-0.1, -0.05) is 18.2 Å². The Morgan fingerprint density at radius 3 is 2.35 bits per heavy atom. The van der Waals surface area contributed by atoms with Gasteiger partial charge in [-0.2, -0.15) is 0 Å². The van der Waals surface area contributed by atoms with E-state index in [1.807, 2.05) is 25.1 Å². The molecule has 2 aromatic carbocycles. The van der Waals surface area contributed by atoms with Gasteiger partial charge in [-0.25, -0.2) is 8.42 Å². The number of nitrogens with one attached hydrogen (secondary N) is 1. The molecule has 0 aliphatic heterocycles. The van der Waals surface area contributed by atoms with E-state index in [4.69, 9.17) is 0 Å². The number of sulfone groups is 1. The van der Waals surface area contributed by atoms with Gasteiger partial charge in [-0.05, 0) is 42.8 Å². The Morgan fingerprint density at radius 2 is 1.75 bits per heavy atom. The van der Waals surface area contributed by atoms with Crippen molar-refractivity contribution in [1.29, 1.82) is 0 Å². The standard InChI is InChI=1S/C15H17NO3S/c1-11(12-6-8-14(17)9-7-12)16-13-4-3-5-15(10-13)20(2,18)19/h3-11,16-17H,1-2H3. The van der Waals surface area contributed by atoms with Crippen molar-refractivity contribution in [3.05, 3.63) is 54.1 Å². The summed E-state index contributed by atoms with van der Waals surface area (Å²) in [5.41, 5.74) is 1.75. The zero-order valence-corrected chi connectivity index (χ0v) is 12.2. The fourth-order valence-corrected chi connectivity index (χ4v) is 2.58. The van der Waals surface area contributed by atoms with Crippen molar-refractivity contribution in [1.82, 2.24) is 0 Å². The van der Waals surface area contributed by atoms with E-state index in [0.717, 1.165) is 11.3 Å². The molecule has 0 aromatic heterocycles. The van der Waals surface area contributed by atoms with Crippen molar-refractivity contribution < 1.29 is 13.5 Å². The lowest BCUT2D eigenvalue weighted by molar-refractivity contribution is 0.475. The molecule has 1 unspecified atom stereocenters. The third-order valence-electron chi connectivity index (χ3n) is 3.04. The molecule has 1 atom stereocenters. The second kappa shape index (κ2) is 5.54. The van der Waals surface area contributed by atoms with E-state index < -0.39 is 9.84 Å². The maximum Gasteiger partial charge on any atom is 0.175 e. The predicted octanol–water partition coefficient (Wildman–Crippen LogP) is 2.97. The molecule has 0 radical (unpaired) electrons. The first-order chi connectivity index (χ1) is 9.36. The largest absolute Gasteiger partial charge is 0.508 e. The number of hydrogen-bond donors (Lipinski definition) is 2. The molecule has 106 valence electrons. The Balaban J connectivity index is 2.20. The Labute approximate surface area is 119 Å². The second-order valence-corrected chi connectivity index (χ2v) is 6.77. The number of hydrogen-bond acceptors (Lipinski definition) is 4. The third-order valence-corrected chi connectivity index (χ3v) is 4.15. The molecule has 2 N–H and O–H groups in total. The highest BCUT2D eigenvalue weighted by molar-refractivity contribution is 7.90. The van der Waals surface area contributed by atoms with Crippen LogP contribution in [0.5, 0.6) is 5.75 Å². The van der Waals surface area contributed by atoms with Gasteiger partial charge >= 0.3 is 0 Å². The molecule has 0 spiro atoms. The molecule has 4 nitrogen and oxygen atoms in total. The lowest BCUT2D eigenvalue weighted by Crippen LogP contribution is -2.07. The third kappa shape index (κ3) is 3.51. The van der Waals surface area contributed by atoms with E-state index in [2.05, 4.69) is 5.32 Å². The highest BCUT2D eigenvalue weighted by atomic mass is 32.2. The average molecular weight is 291 g/mol. The van der Waals surface area contributed by atoms with Crippen LogP contribution in [0.3, 0.4) is 0 Å². The molecule has 0 saturated carbocycles. The van der Waals surface area contributed by atoms with Crippen molar-refractivity contribution in [2.75, 3.05) is 11.6 Å². The van der Waals surface area contributed by atoms with Crippen LogP contribution in [0, 0.1) is 0 Å². The molecule has 0 saturated heterocycles. The summed E-state index contributed by atoms with van der Waals surface area (Å²) in [6, 6.07) is 13.6. The molecule has 20 heavy (non-hydrogen) atoms. The fourth-order valence-electron chi connectivity index (χ4n) is 1.91. The maximum absolute atomic E-state index is 11.5. The monoisotopic (exact) mass is 291 g/mol. The second-order valence-electron chi connectivity index (χ2n) is 4.76. The van der Waals surface area contributed by atoms with E-state index in [9.17, 15) is 13.5 Å². The summed E-state index contributed by atoms with van der Waals surface area (Å²) in [4.78, 5) is 0.292. The number of benzene rings is 2. The van der Waals surface area contributed by atoms with Gasteiger partial charge in [0, 0.05) is 18.0 Å². The summed E-state index contributed by atoms with van der Waals surface area (Å²) in [7, 11) is -3.20. The first kappa shape index (κ1) is 14.4. The van der Waals surface area contributed by atoms with Gasteiger partial charge in [0.05, 0.1) is 4.90 Å². The summed E-state index contributed by atoms with van der Waals surface area (Å²) in [6.07, 6.45) is 1.19.